The molecule has 0 aliphatic heterocycles. The van der Waals surface area contributed by atoms with Crippen molar-refractivity contribution in [1.82, 2.24) is 4.98 Å². The number of aliphatic carboxylic acids is 1. The topological polar surface area (TPSA) is 59.4 Å². The fraction of sp³-hybridized carbons (Fsp3) is 0.333. The average Bonchev–Trinajstić information content (AvgIpc) is 2.81. The van der Waals surface area contributed by atoms with Gasteiger partial charge >= 0.3 is 5.97 Å². The Balaban J connectivity index is 1.73. The number of hydrogen-bond acceptors (Lipinski definition) is 4. The summed E-state index contributed by atoms with van der Waals surface area (Å²) in [5.41, 5.74) is 1.82. The number of aryl methyl sites for hydroxylation is 2. The maximum absolute atomic E-state index is 10.6. The lowest BCUT2D eigenvalue weighted by Crippen LogP contribution is -2.01. The first-order valence-corrected chi connectivity index (χ1v) is 7.36. The minimum Gasteiger partial charge on any atom is -0.494 e. The summed E-state index contributed by atoms with van der Waals surface area (Å²) >= 11 is 1.51. The third kappa shape index (κ3) is 4.66. The van der Waals surface area contributed by atoms with Gasteiger partial charge in [0.2, 0.25) is 0 Å². The van der Waals surface area contributed by atoms with Crippen LogP contribution in [0.3, 0.4) is 0 Å². The van der Waals surface area contributed by atoms with Crippen LogP contribution in [0.4, 0.5) is 0 Å². The molecule has 0 unspecified atom stereocenters. The number of carboxylic acids is 1. The molecule has 2 rings (SSSR count). The third-order valence-electron chi connectivity index (χ3n) is 2.72. The lowest BCUT2D eigenvalue weighted by atomic mass is 10.2. The van der Waals surface area contributed by atoms with Crippen LogP contribution in [0.5, 0.6) is 5.75 Å². The van der Waals surface area contributed by atoms with Gasteiger partial charge in [-0.25, -0.2) is 4.98 Å². The van der Waals surface area contributed by atoms with E-state index in [9.17, 15) is 4.79 Å². The van der Waals surface area contributed by atoms with Crippen molar-refractivity contribution in [3.63, 3.8) is 0 Å². The first-order chi connectivity index (χ1) is 9.63. The van der Waals surface area contributed by atoms with Crippen LogP contribution >= 0.6 is 11.3 Å². The van der Waals surface area contributed by atoms with Crippen molar-refractivity contribution in [3.05, 3.63) is 45.9 Å². The molecule has 20 heavy (non-hydrogen) atoms. The van der Waals surface area contributed by atoms with Crippen LogP contribution < -0.4 is 4.74 Å². The van der Waals surface area contributed by atoms with Crippen LogP contribution in [0.1, 0.15) is 22.7 Å². The molecular formula is C15H17NO3S. The second-order valence-electron chi connectivity index (χ2n) is 4.57. The van der Waals surface area contributed by atoms with E-state index >= 15 is 0 Å². The van der Waals surface area contributed by atoms with Crippen LogP contribution in [0.2, 0.25) is 0 Å². The van der Waals surface area contributed by atoms with Gasteiger partial charge in [0.1, 0.15) is 5.75 Å². The van der Waals surface area contributed by atoms with Crippen LogP contribution in [0.15, 0.2) is 29.6 Å². The summed E-state index contributed by atoms with van der Waals surface area (Å²) < 4.78 is 5.66. The Labute approximate surface area is 122 Å². The van der Waals surface area contributed by atoms with Gasteiger partial charge in [0.05, 0.1) is 23.7 Å². The third-order valence-corrected chi connectivity index (χ3v) is 3.68. The molecule has 0 atom stereocenters. The summed E-state index contributed by atoms with van der Waals surface area (Å²) in [6.07, 6.45) is 1.68. The van der Waals surface area contributed by atoms with Gasteiger partial charge in [-0.2, -0.15) is 0 Å². The molecule has 0 spiro atoms. The minimum atomic E-state index is -0.843. The summed E-state index contributed by atoms with van der Waals surface area (Å²) in [4.78, 5) is 14.9. The quantitative estimate of drug-likeness (QED) is 0.796. The first kappa shape index (κ1) is 14.5. The number of thiazole rings is 1. The van der Waals surface area contributed by atoms with Gasteiger partial charge in [-0.15, -0.1) is 11.3 Å². The molecule has 0 radical (unpaired) electrons. The lowest BCUT2D eigenvalue weighted by Gasteiger charge is -2.05. The smallest absolute Gasteiger partial charge is 0.309 e. The Kier molecular flexibility index (Phi) is 5.12. The van der Waals surface area contributed by atoms with E-state index in [1.165, 1.54) is 16.9 Å². The molecule has 4 nitrogen and oxygen atoms in total. The zero-order valence-corrected chi connectivity index (χ0v) is 12.2. The summed E-state index contributed by atoms with van der Waals surface area (Å²) in [6, 6.07) is 7.96. The monoisotopic (exact) mass is 291 g/mol. The van der Waals surface area contributed by atoms with Crippen molar-refractivity contribution in [1.29, 1.82) is 0 Å². The van der Waals surface area contributed by atoms with Crippen molar-refractivity contribution in [2.75, 3.05) is 6.61 Å². The zero-order valence-electron chi connectivity index (χ0n) is 11.3. The van der Waals surface area contributed by atoms with Gasteiger partial charge in [0.15, 0.2) is 0 Å². The molecule has 1 heterocycles. The second-order valence-corrected chi connectivity index (χ2v) is 5.51. The number of carbonyl (C=O) groups is 1. The van der Waals surface area contributed by atoms with E-state index in [2.05, 4.69) is 4.98 Å². The van der Waals surface area contributed by atoms with E-state index in [1.807, 2.05) is 36.6 Å². The molecule has 0 saturated heterocycles. The number of carboxylic acid groups (broad SMARTS) is 1. The lowest BCUT2D eigenvalue weighted by molar-refractivity contribution is -0.136. The van der Waals surface area contributed by atoms with E-state index < -0.39 is 5.97 Å². The van der Waals surface area contributed by atoms with Gasteiger partial charge in [0, 0.05) is 11.8 Å². The number of nitrogens with zero attached hydrogens (tertiary/aromatic N) is 1. The Bertz CT molecular complexity index is 580. The largest absolute Gasteiger partial charge is 0.494 e. The molecule has 0 aliphatic carbocycles. The molecule has 2 aromatic rings. The van der Waals surface area contributed by atoms with Crippen molar-refractivity contribution < 1.29 is 14.6 Å². The normalized spacial score (nSPS) is 10.4. The maximum Gasteiger partial charge on any atom is 0.309 e. The molecule has 0 bridgehead atoms. The highest BCUT2D eigenvalue weighted by atomic mass is 32.1. The molecule has 1 aromatic heterocycles. The molecular weight excluding hydrogens is 274 g/mol. The van der Waals surface area contributed by atoms with Crippen molar-refractivity contribution in [2.45, 2.75) is 26.2 Å². The van der Waals surface area contributed by atoms with Gasteiger partial charge in [-0.1, -0.05) is 12.1 Å². The standard InChI is InChI=1S/C15H17NO3S/c1-11-4-2-5-13(8-11)19-7-3-6-14-16-12(10-20-14)9-15(17)18/h2,4-5,8,10H,3,6-7,9H2,1H3,(H,17,18). The fourth-order valence-corrected chi connectivity index (χ4v) is 2.66. The number of benzene rings is 1. The molecule has 1 N–H and O–H groups in total. The number of hydrogen-bond donors (Lipinski definition) is 1. The molecule has 0 saturated carbocycles. The Morgan fingerprint density at radius 2 is 2.30 bits per heavy atom. The highest BCUT2D eigenvalue weighted by Gasteiger charge is 2.06. The van der Waals surface area contributed by atoms with Crippen molar-refractivity contribution >= 4 is 17.3 Å². The Morgan fingerprint density at radius 1 is 1.45 bits per heavy atom. The van der Waals surface area contributed by atoms with Gasteiger partial charge in [0.25, 0.3) is 0 Å². The van der Waals surface area contributed by atoms with E-state index in [1.54, 1.807) is 0 Å². The molecule has 106 valence electrons. The minimum absolute atomic E-state index is 0.00368. The number of rotatable bonds is 7. The molecule has 0 amide bonds. The summed E-state index contributed by atoms with van der Waals surface area (Å²) in [5, 5.41) is 11.5. The Hall–Kier alpha value is -1.88. The number of ether oxygens (including phenoxy) is 1. The van der Waals surface area contributed by atoms with Crippen LogP contribution in [0.25, 0.3) is 0 Å². The predicted octanol–water partition coefficient (Wildman–Crippen LogP) is 3.09. The predicted molar refractivity (Wildman–Crippen MR) is 78.4 cm³/mol. The Morgan fingerprint density at radius 3 is 3.05 bits per heavy atom. The first-order valence-electron chi connectivity index (χ1n) is 6.48. The molecule has 0 aliphatic rings. The highest BCUT2D eigenvalue weighted by molar-refractivity contribution is 7.09. The zero-order chi connectivity index (χ0) is 14.4. The van der Waals surface area contributed by atoms with Gasteiger partial charge in [-0.05, 0) is 31.0 Å². The van der Waals surface area contributed by atoms with E-state index in [-0.39, 0.29) is 6.42 Å². The summed E-state index contributed by atoms with van der Waals surface area (Å²) in [7, 11) is 0. The van der Waals surface area contributed by atoms with E-state index in [4.69, 9.17) is 9.84 Å². The van der Waals surface area contributed by atoms with Crippen LogP contribution in [-0.2, 0) is 17.6 Å². The van der Waals surface area contributed by atoms with Crippen LogP contribution in [0, 0.1) is 6.92 Å². The molecule has 0 fully saturated rings. The van der Waals surface area contributed by atoms with Crippen molar-refractivity contribution in [2.24, 2.45) is 0 Å². The molecule has 1 aromatic carbocycles. The SMILES string of the molecule is Cc1cccc(OCCCc2nc(CC(=O)O)cs2)c1. The van der Waals surface area contributed by atoms with Gasteiger partial charge < -0.3 is 9.84 Å². The average molecular weight is 291 g/mol. The highest BCUT2D eigenvalue weighted by Crippen LogP contribution is 2.15. The number of aromatic nitrogens is 1. The second kappa shape index (κ2) is 7.05. The van der Waals surface area contributed by atoms with Gasteiger partial charge in [-0.3, -0.25) is 4.79 Å². The van der Waals surface area contributed by atoms with Crippen LogP contribution in [-0.4, -0.2) is 22.7 Å². The molecule has 5 heteroatoms. The maximum atomic E-state index is 10.6. The van der Waals surface area contributed by atoms with E-state index in [0.29, 0.717) is 12.3 Å². The fourth-order valence-electron chi connectivity index (χ4n) is 1.82. The van der Waals surface area contributed by atoms with E-state index in [0.717, 1.165) is 23.6 Å². The summed E-state index contributed by atoms with van der Waals surface area (Å²) in [5.74, 6) is 0.0420. The van der Waals surface area contributed by atoms with Crippen molar-refractivity contribution in [3.8, 4) is 5.75 Å². The summed E-state index contributed by atoms with van der Waals surface area (Å²) in [6.45, 7) is 2.67.